The second-order valence-electron chi connectivity index (χ2n) is 6.70. The molecule has 28 heavy (non-hydrogen) atoms. The van der Waals surface area contributed by atoms with Crippen LogP contribution in [0.1, 0.15) is 18.4 Å². The van der Waals surface area contributed by atoms with E-state index >= 15 is 0 Å². The van der Waals surface area contributed by atoms with Gasteiger partial charge in [0.05, 0.1) is 5.56 Å². The van der Waals surface area contributed by atoms with Crippen LogP contribution in [0.15, 0.2) is 42.5 Å². The summed E-state index contributed by atoms with van der Waals surface area (Å²) in [5, 5.41) is 12.2. The van der Waals surface area contributed by atoms with Gasteiger partial charge in [-0.05, 0) is 37.1 Å². The Bertz CT molecular complexity index is 1100. The predicted molar refractivity (Wildman–Crippen MR) is 94.5 cm³/mol. The van der Waals surface area contributed by atoms with E-state index < -0.39 is 29.0 Å². The largest absolute Gasteiger partial charge is 0.480 e. The molecule has 1 fully saturated rings. The van der Waals surface area contributed by atoms with Crippen LogP contribution >= 0.6 is 0 Å². The zero-order valence-corrected chi connectivity index (χ0v) is 14.3. The van der Waals surface area contributed by atoms with Crippen LogP contribution in [-0.2, 0) is 15.8 Å². The van der Waals surface area contributed by atoms with Gasteiger partial charge in [-0.1, -0.05) is 18.2 Å². The lowest BCUT2D eigenvalue weighted by Crippen LogP contribution is -2.31. The van der Waals surface area contributed by atoms with Crippen LogP contribution in [0, 0.1) is 5.41 Å². The maximum atomic E-state index is 13.3. The monoisotopic (exact) mass is 389 g/mol. The Morgan fingerprint density at radius 1 is 1.14 bits per heavy atom. The molecular formula is C19H14F3N3O3. The van der Waals surface area contributed by atoms with E-state index in [1.807, 2.05) is 0 Å². The van der Waals surface area contributed by atoms with Crippen LogP contribution < -0.4 is 5.32 Å². The number of carbonyl (C=O) groups is 2. The fourth-order valence-corrected chi connectivity index (χ4v) is 3.08. The van der Waals surface area contributed by atoms with Gasteiger partial charge in [0.2, 0.25) is 5.91 Å². The molecule has 0 unspecified atom stereocenters. The normalized spacial score (nSPS) is 15.4. The molecule has 0 spiro atoms. The number of fused-ring (bicyclic) bond motifs is 1. The Kier molecular flexibility index (Phi) is 3.91. The minimum absolute atomic E-state index is 0.0126. The number of aromatic nitrogens is 2. The molecule has 1 aromatic carbocycles. The summed E-state index contributed by atoms with van der Waals surface area (Å²) in [7, 11) is 0. The topological polar surface area (TPSA) is 95.1 Å². The molecule has 144 valence electrons. The second-order valence-corrected chi connectivity index (χ2v) is 6.70. The third-order valence-corrected chi connectivity index (χ3v) is 4.84. The van der Waals surface area contributed by atoms with E-state index in [-0.39, 0.29) is 35.6 Å². The van der Waals surface area contributed by atoms with Gasteiger partial charge in [0.15, 0.2) is 0 Å². The van der Waals surface area contributed by atoms with Gasteiger partial charge in [-0.15, -0.1) is 0 Å². The SMILES string of the molecule is O=C(O)C1(C(=O)Nc2ccc3cc(-c4ccccc4C(F)(F)F)[nH]c3n2)CC1. The van der Waals surface area contributed by atoms with Crippen LogP contribution in [-0.4, -0.2) is 27.0 Å². The Labute approximate surface area is 156 Å². The van der Waals surface area contributed by atoms with Crippen LogP contribution in [0.3, 0.4) is 0 Å². The van der Waals surface area contributed by atoms with Gasteiger partial charge in [0.25, 0.3) is 0 Å². The van der Waals surface area contributed by atoms with E-state index in [9.17, 15) is 22.8 Å². The van der Waals surface area contributed by atoms with Crippen LogP contribution in [0.25, 0.3) is 22.3 Å². The number of benzene rings is 1. The number of nitrogens with one attached hydrogen (secondary N) is 2. The zero-order chi connectivity index (χ0) is 20.1. The third-order valence-electron chi connectivity index (χ3n) is 4.84. The van der Waals surface area contributed by atoms with Crippen molar-refractivity contribution in [2.45, 2.75) is 19.0 Å². The first-order chi connectivity index (χ1) is 13.2. The summed E-state index contributed by atoms with van der Waals surface area (Å²) in [5.41, 5.74) is -1.68. The fraction of sp³-hybridized carbons (Fsp3) is 0.211. The number of nitrogens with zero attached hydrogens (tertiary/aromatic N) is 1. The number of pyridine rings is 1. The first kappa shape index (κ1) is 18.0. The van der Waals surface area contributed by atoms with Crippen molar-refractivity contribution in [2.24, 2.45) is 5.41 Å². The minimum atomic E-state index is -4.50. The maximum absolute atomic E-state index is 13.3. The molecule has 0 atom stereocenters. The quantitative estimate of drug-likeness (QED) is 0.587. The van der Waals surface area contributed by atoms with Crippen LogP contribution in [0.2, 0.25) is 0 Å². The maximum Gasteiger partial charge on any atom is 0.417 e. The van der Waals surface area contributed by atoms with Crippen molar-refractivity contribution in [2.75, 3.05) is 5.32 Å². The van der Waals surface area contributed by atoms with Crippen LogP contribution in [0.4, 0.5) is 19.0 Å². The lowest BCUT2D eigenvalue weighted by molar-refractivity contribution is -0.147. The van der Waals surface area contributed by atoms with Crippen molar-refractivity contribution in [3.05, 3.63) is 48.0 Å². The first-order valence-corrected chi connectivity index (χ1v) is 8.42. The van der Waals surface area contributed by atoms with E-state index in [2.05, 4.69) is 15.3 Å². The molecule has 3 aromatic rings. The number of alkyl halides is 3. The van der Waals surface area contributed by atoms with Gasteiger partial charge >= 0.3 is 12.1 Å². The number of aromatic amines is 1. The summed E-state index contributed by atoms with van der Waals surface area (Å²) in [6, 6.07) is 9.80. The summed E-state index contributed by atoms with van der Waals surface area (Å²) < 4.78 is 39.8. The van der Waals surface area contributed by atoms with Crippen LogP contribution in [0.5, 0.6) is 0 Å². The lowest BCUT2D eigenvalue weighted by atomic mass is 10.0. The summed E-state index contributed by atoms with van der Waals surface area (Å²) in [4.78, 5) is 30.4. The fourth-order valence-electron chi connectivity index (χ4n) is 3.08. The van der Waals surface area contributed by atoms with Crippen molar-refractivity contribution in [3.8, 4) is 11.3 Å². The number of amides is 1. The summed E-state index contributed by atoms with van der Waals surface area (Å²) in [6.45, 7) is 0. The van der Waals surface area contributed by atoms with E-state index in [4.69, 9.17) is 5.11 Å². The molecule has 1 aliphatic rings. The van der Waals surface area contributed by atoms with Crippen molar-refractivity contribution in [1.82, 2.24) is 9.97 Å². The summed E-state index contributed by atoms with van der Waals surface area (Å²) >= 11 is 0. The smallest absolute Gasteiger partial charge is 0.417 e. The number of anilines is 1. The van der Waals surface area contributed by atoms with Crippen molar-refractivity contribution < 1.29 is 27.9 Å². The highest BCUT2D eigenvalue weighted by atomic mass is 19.4. The number of hydrogen-bond acceptors (Lipinski definition) is 3. The summed E-state index contributed by atoms with van der Waals surface area (Å²) in [5.74, 6) is -1.71. The average molecular weight is 389 g/mol. The van der Waals surface area contributed by atoms with Gasteiger partial charge in [-0.3, -0.25) is 9.59 Å². The first-order valence-electron chi connectivity index (χ1n) is 8.42. The highest BCUT2D eigenvalue weighted by Crippen LogP contribution is 2.46. The molecular weight excluding hydrogens is 375 g/mol. The Balaban J connectivity index is 1.67. The van der Waals surface area contributed by atoms with Gasteiger partial charge in [0, 0.05) is 16.6 Å². The number of carbonyl (C=O) groups excluding carboxylic acids is 1. The molecule has 4 rings (SSSR count). The minimum Gasteiger partial charge on any atom is -0.480 e. The molecule has 0 radical (unpaired) electrons. The van der Waals surface area contributed by atoms with Crippen molar-refractivity contribution in [1.29, 1.82) is 0 Å². The van der Waals surface area contributed by atoms with E-state index in [0.29, 0.717) is 5.39 Å². The number of hydrogen-bond donors (Lipinski definition) is 3. The van der Waals surface area contributed by atoms with Crippen molar-refractivity contribution in [3.63, 3.8) is 0 Å². The highest BCUT2D eigenvalue weighted by Gasteiger charge is 2.57. The molecule has 1 amide bonds. The molecule has 1 aliphatic carbocycles. The molecule has 0 saturated heterocycles. The van der Waals surface area contributed by atoms with Gasteiger partial charge in [0.1, 0.15) is 16.9 Å². The molecule has 0 bridgehead atoms. The van der Waals surface area contributed by atoms with Crippen molar-refractivity contribution >= 4 is 28.7 Å². The summed E-state index contributed by atoms with van der Waals surface area (Å²) in [6.07, 6.45) is -3.98. The third kappa shape index (κ3) is 2.98. The van der Waals surface area contributed by atoms with Gasteiger partial charge in [-0.2, -0.15) is 13.2 Å². The molecule has 3 N–H and O–H groups in total. The lowest BCUT2D eigenvalue weighted by Gasteiger charge is -2.11. The van der Waals surface area contributed by atoms with E-state index in [0.717, 1.165) is 6.07 Å². The second kappa shape index (κ2) is 6.08. The Hall–Kier alpha value is -3.36. The Morgan fingerprint density at radius 2 is 1.86 bits per heavy atom. The molecule has 9 heteroatoms. The zero-order valence-electron chi connectivity index (χ0n) is 14.3. The van der Waals surface area contributed by atoms with E-state index in [1.54, 1.807) is 6.07 Å². The molecule has 2 aromatic heterocycles. The predicted octanol–water partition coefficient (Wildman–Crippen LogP) is 4.05. The number of carboxylic acid groups (broad SMARTS) is 1. The number of aliphatic carboxylic acids is 1. The molecule has 0 aliphatic heterocycles. The molecule has 6 nitrogen and oxygen atoms in total. The number of rotatable bonds is 4. The van der Waals surface area contributed by atoms with Gasteiger partial charge < -0.3 is 15.4 Å². The van der Waals surface area contributed by atoms with Gasteiger partial charge in [-0.25, -0.2) is 4.98 Å². The number of halogens is 3. The number of H-pyrrole nitrogens is 1. The highest BCUT2D eigenvalue weighted by molar-refractivity contribution is 6.10. The molecule has 2 heterocycles. The molecule has 1 saturated carbocycles. The van der Waals surface area contributed by atoms with E-state index in [1.165, 1.54) is 30.3 Å². The standard InChI is InChI=1S/C19H14F3N3O3/c20-19(21,22)12-4-2-1-3-11(12)13-9-10-5-6-14(24-15(10)23-13)25-16(26)18(7-8-18)17(27)28/h1-6,9H,7-8H2,(H,27,28)(H2,23,24,25,26). The average Bonchev–Trinajstić information content (AvgIpc) is 3.35. The Morgan fingerprint density at radius 3 is 2.50 bits per heavy atom. The number of carboxylic acids is 1.